The highest BCUT2D eigenvalue weighted by Crippen LogP contribution is 2.18. The van der Waals surface area contributed by atoms with Crippen LogP contribution in [0.3, 0.4) is 0 Å². The Morgan fingerprint density at radius 3 is 2.29 bits per heavy atom. The van der Waals surface area contributed by atoms with Crippen LogP contribution in [-0.2, 0) is 4.74 Å². The van der Waals surface area contributed by atoms with Gasteiger partial charge in [-0.1, -0.05) is 26.0 Å². The van der Waals surface area contributed by atoms with Gasteiger partial charge in [0, 0.05) is 20.7 Å². The molecule has 24 heavy (non-hydrogen) atoms. The van der Waals surface area contributed by atoms with Crippen molar-refractivity contribution in [3.63, 3.8) is 0 Å². The first-order chi connectivity index (χ1) is 11.3. The zero-order valence-electron chi connectivity index (χ0n) is 16.1. The highest BCUT2D eigenvalue weighted by atomic mass is 16.5. The monoisotopic (exact) mass is 335 g/mol. The molecule has 0 saturated heterocycles. The molecule has 0 fully saturated rings. The summed E-state index contributed by atoms with van der Waals surface area (Å²) in [5.74, 6) is 2.19. The Bertz CT molecular complexity index is 510. The van der Waals surface area contributed by atoms with Gasteiger partial charge < -0.3 is 20.1 Å². The number of methoxy groups -OCH3 is 1. The molecule has 1 rings (SSSR count). The first-order valence-corrected chi connectivity index (χ1v) is 8.52. The van der Waals surface area contributed by atoms with E-state index in [0.717, 1.165) is 18.3 Å². The normalized spacial score (nSPS) is 13.8. The number of ether oxygens (including phenoxy) is 2. The molecule has 0 aliphatic heterocycles. The topological polar surface area (TPSA) is 54.9 Å². The molecule has 5 nitrogen and oxygen atoms in total. The average Bonchev–Trinajstić information content (AvgIpc) is 2.57. The van der Waals surface area contributed by atoms with E-state index >= 15 is 0 Å². The summed E-state index contributed by atoms with van der Waals surface area (Å²) in [7, 11) is 3.48. The molecule has 0 aliphatic carbocycles. The van der Waals surface area contributed by atoms with Gasteiger partial charge in [-0.25, -0.2) is 0 Å². The molecule has 0 bridgehead atoms. The van der Waals surface area contributed by atoms with Crippen molar-refractivity contribution < 1.29 is 9.47 Å². The van der Waals surface area contributed by atoms with Gasteiger partial charge in [-0.3, -0.25) is 4.99 Å². The van der Waals surface area contributed by atoms with Crippen molar-refractivity contribution in [2.24, 2.45) is 10.9 Å². The number of nitrogens with one attached hydrogen (secondary N) is 2. The second kappa shape index (κ2) is 9.52. The summed E-state index contributed by atoms with van der Waals surface area (Å²) in [6.45, 7) is 11.9. The van der Waals surface area contributed by atoms with Crippen molar-refractivity contribution in [2.45, 2.75) is 46.3 Å². The van der Waals surface area contributed by atoms with Gasteiger partial charge in [-0.2, -0.15) is 0 Å². The molecule has 0 amide bonds. The minimum absolute atomic E-state index is 0.140. The second-order valence-electron chi connectivity index (χ2n) is 7.03. The highest BCUT2D eigenvalue weighted by molar-refractivity contribution is 5.80. The van der Waals surface area contributed by atoms with E-state index in [9.17, 15) is 0 Å². The van der Waals surface area contributed by atoms with Crippen LogP contribution in [0.25, 0.3) is 0 Å². The number of hydrogen-bond acceptors (Lipinski definition) is 3. The molecular formula is C19H33N3O2. The number of rotatable bonds is 8. The van der Waals surface area contributed by atoms with Crippen molar-refractivity contribution in [1.29, 1.82) is 0 Å². The quantitative estimate of drug-likeness (QED) is 0.565. The average molecular weight is 335 g/mol. The third-order valence-corrected chi connectivity index (χ3v) is 3.77. The van der Waals surface area contributed by atoms with Gasteiger partial charge in [0.1, 0.15) is 5.75 Å². The standard InChI is InChI=1S/C19H33N3O2/c1-14(2)12-24-17-10-8-16(9-11-17)15(3)22-18(20-6)21-13-19(4,5)23-7/h8-11,14-15H,12-13H2,1-7H3,(H2,20,21,22). The van der Waals surface area contributed by atoms with E-state index in [0.29, 0.717) is 12.5 Å². The molecule has 1 atom stereocenters. The summed E-state index contributed by atoms with van der Waals surface area (Å²) in [5.41, 5.74) is 0.942. The van der Waals surface area contributed by atoms with Crippen molar-refractivity contribution in [1.82, 2.24) is 10.6 Å². The fraction of sp³-hybridized carbons (Fsp3) is 0.632. The number of guanidine groups is 1. The largest absolute Gasteiger partial charge is 0.493 e. The summed E-state index contributed by atoms with van der Waals surface area (Å²) in [6, 6.07) is 8.33. The Balaban J connectivity index is 2.57. The molecule has 2 N–H and O–H groups in total. The maximum atomic E-state index is 5.72. The summed E-state index contributed by atoms with van der Waals surface area (Å²) in [5, 5.41) is 6.69. The van der Waals surface area contributed by atoms with Gasteiger partial charge in [0.15, 0.2) is 5.96 Å². The van der Waals surface area contributed by atoms with Crippen LogP contribution < -0.4 is 15.4 Å². The molecule has 0 aliphatic rings. The molecule has 1 unspecified atom stereocenters. The fourth-order valence-electron chi connectivity index (χ4n) is 1.97. The van der Waals surface area contributed by atoms with E-state index in [4.69, 9.17) is 9.47 Å². The maximum absolute atomic E-state index is 5.72. The highest BCUT2D eigenvalue weighted by Gasteiger charge is 2.17. The van der Waals surface area contributed by atoms with Gasteiger partial charge in [0.25, 0.3) is 0 Å². The van der Waals surface area contributed by atoms with Crippen molar-refractivity contribution in [3.8, 4) is 5.75 Å². The first-order valence-electron chi connectivity index (χ1n) is 8.52. The fourth-order valence-corrected chi connectivity index (χ4v) is 1.97. The van der Waals surface area contributed by atoms with Gasteiger partial charge in [-0.05, 0) is 44.4 Å². The number of benzene rings is 1. The van der Waals surface area contributed by atoms with Crippen LogP contribution in [0.1, 0.15) is 46.2 Å². The van der Waals surface area contributed by atoms with Crippen LogP contribution in [-0.4, -0.2) is 38.9 Å². The molecule has 1 aromatic carbocycles. The Morgan fingerprint density at radius 1 is 1.17 bits per heavy atom. The predicted octanol–water partition coefficient (Wildman–Crippen LogP) is 3.37. The van der Waals surface area contributed by atoms with Crippen LogP contribution in [0, 0.1) is 5.92 Å². The Morgan fingerprint density at radius 2 is 1.79 bits per heavy atom. The molecular weight excluding hydrogens is 302 g/mol. The van der Waals surface area contributed by atoms with Crippen molar-refractivity contribution >= 4 is 5.96 Å². The summed E-state index contributed by atoms with van der Waals surface area (Å²) in [4.78, 5) is 4.27. The van der Waals surface area contributed by atoms with Gasteiger partial charge in [-0.15, -0.1) is 0 Å². The van der Waals surface area contributed by atoms with E-state index in [1.165, 1.54) is 5.56 Å². The lowest BCUT2D eigenvalue weighted by Gasteiger charge is -2.25. The smallest absolute Gasteiger partial charge is 0.191 e. The molecule has 1 aromatic rings. The van der Waals surface area contributed by atoms with Gasteiger partial charge >= 0.3 is 0 Å². The third-order valence-electron chi connectivity index (χ3n) is 3.77. The van der Waals surface area contributed by atoms with E-state index in [-0.39, 0.29) is 11.6 Å². The van der Waals surface area contributed by atoms with Crippen LogP contribution in [0.15, 0.2) is 29.3 Å². The minimum Gasteiger partial charge on any atom is -0.493 e. The third kappa shape index (κ3) is 7.21. The van der Waals surface area contributed by atoms with E-state index in [1.54, 1.807) is 14.2 Å². The summed E-state index contributed by atoms with van der Waals surface area (Å²) < 4.78 is 11.1. The van der Waals surface area contributed by atoms with Crippen molar-refractivity contribution in [3.05, 3.63) is 29.8 Å². The Kier molecular flexibility index (Phi) is 8.05. The van der Waals surface area contributed by atoms with E-state index < -0.39 is 0 Å². The minimum atomic E-state index is -0.240. The zero-order valence-corrected chi connectivity index (χ0v) is 16.1. The molecule has 0 spiro atoms. The lowest BCUT2D eigenvalue weighted by Crippen LogP contribution is -2.45. The number of hydrogen-bond donors (Lipinski definition) is 2. The molecule has 136 valence electrons. The lowest BCUT2D eigenvalue weighted by atomic mass is 10.1. The van der Waals surface area contributed by atoms with Crippen LogP contribution in [0.5, 0.6) is 5.75 Å². The molecule has 0 radical (unpaired) electrons. The first kappa shape index (κ1) is 20.3. The van der Waals surface area contributed by atoms with E-state index in [1.807, 2.05) is 26.0 Å². The number of nitrogens with zero attached hydrogens (tertiary/aromatic N) is 1. The van der Waals surface area contributed by atoms with E-state index in [2.05, 4.69) is 48.5 Å². The Hall–Kier alpha value is -1.75. The molecule has 0 aromatic heterocycles. The number of aliphatic imine (C=N–C) groups is 1. The molecule has 0 heterocycles. The maximum Gasteiger partial charge on any atom is 0.191 e. The van der Waals surface area contributed by atoms with Crippen molar-refractivity contribution in [2.75, 3.05) is 27.3 Å². The summed E-state index contributed by atoms with van der Waals surface area (Å²) >= 11 is 0. The SMILES string of the molecule is CN=C(NCC(C)(C)OC)NC(C)c1ccc(OCC(C)C)cc1. The second-order valence-corrected chi connectivity index (χ2v) is 7.03. The Labute approximate surface area is 146 Å². The van der Waals surface area contributed by atoms with Crippen LogP contribution in [0.2, 0.25) is 0 Å². The van der Waals surface area contributed by atoms with Crippen LogP contribution in [0.4, 0.5) is 0 Å². The van der Waals surface area contributed by atoms with Gasteiger partial charge in [0.05, 0.1) is 18.2 Å². The van der Waals surface area contributed by atoms with Crippen LogP contribution >= 0.6 is 0 Å². The molecule has 5 heteroatoms. The predicted molar refractivity (Wildman–Crippen MR) is 101 cm³/mol. The zero-order chi connectivity index (χ0) is 18.2. The summed E-state index contributed by atoms with van der Waals surface area (Å²) in [6.07, 6.45) is 0. The lowest BCUT2D eigenvalue weighted by molar-refractivity contribution is 0.0268. The molecule has 0 saturated carbocycles. The van der Waals surface area contributed by atoms with Gasteiger partial charge in [0.2, 0.25) is 0 Å².